The molecule has 0 fully saturated rings. The van der Waals surface area contributed by atoms with E-state index in [1.165, 1.54) is 17.1 Å². The van der Waals surface area contributed by atoms with Gasteiger partial charge < -0.3 is 5.32 Å². The van der Waals surface area contributed by atoms with Gasteiger partial charge in [-0.25, -0.2) is 0 Å². The zero-order valence-corrected chi connectivity index (χ0v) is 14.9. The van der Waals surface area contributed by atoms with Crippen LogP contribution in [-0.2, 0) is 13.0 Å². The van der Waals surface area contributed by atoms with Crippen LogP contribution < -0.4 is 5.32 Å². The van der Waals surface area contributed by atoms with Crippen LogP contribution in [0.4, 0.5) is 5.69 Å². The van der Waals surface area contributed by atoms with Gasteiger partial charge in [0.25, 0.3) is 5.91 Å². The molecule has 0 saturated carbocycles. The maximum Gasteiger partial charge on any atom is 0.258 e. The van der Waals surface area contributed by atoms with Crippen LogP contribution in [-0.4, -0.2) is 20.1 Å². The summed E-state index contributed by atoms with van der Waals surface area (Å²) in [5.74, 6) is -0.130. The van der Waals surface area contributed by atoms with Crippen molar-refractivity contribution in [1.29, 1.82) is 0 Å². The van der Waals surface area contributed by atoms with E-state index < -0.39 is 0 Å². The number of carbonyl (C=O) groups is 1. The molecule has 1 aromatic carbocycles. The second-order valence-corrected chi connectivity index (χ2v) is 6.40. The maximum atomic E-state index is 12.4. The third-order valence-electron chi connectivity index (χ3n) is 4.07. The Balaban J connectivity index is 1.74. The normalized spacial score (nSPS) is 10.8. The van der Waals surface area contributed by atoms with Crippen molar-refractivity contribution in [1.82, 2.24) is 14.2 Å². The smallest absolute Gasteiger partial charge is 0.258 e. The average molecular weight is 340 g/mol. The highest BCUT2D eigenvalue weighted by Crippen LogP contribution is 2.21. The Morgan fingerprint density at radius 1 is 1.17 bits per heavy atom. The lowest BCUT2D eigenvalue weighted by molar-refractivity contribution is 0.102. The molecular weight excluding hydrogens is 320 g/mol. The number of hydrogen-bond acceptors (Lipinski definition) is 4. The fourth-order valence-corrected chi connectivity index (χ4v) is 3.36. The average Bonchev–Trinajstić information content (AvgIpc) is 3.12. The van der Waals surface area contributed by atoms with Gasteiger partial charge in [-0.3, -0.25) is 9.48 Å². The van der Waals surface area contributed by atoms with Crippen molar-refractivity contribution in [3.05, 3.63) is 63.9 Å². The van der Waals surface area contributed by atoms with Gasteiger partial charge in [0, 0.05) is 11.9 Å². The van der Waals surface area contributed by atoms with Gasteiger partial charge in [0.1, 0.15) is 0 Å². The van der Waals surface area contributed by atoms with Crippen LogP contribution in [0.25, 0.3) is 0 Å². The van der Waals surface area contributed by atoms with Crippen LogP contribution in [0.15, 0.2) is 35.7 Å². The molecule has 0 aliphatic heterocycles. The van der Waals surface area contributed by atoms with E-state index in [2.05, 4.69) is 26.9 Å². The second kappa shape index (κ2) is 6.97. The molecule has 0 radical (unpaired) electrons. The van der Waals surface area contributed by atoms with E-state index >= 15 is 0 Å². The van der Waals surface area contributed by atoms with Gasteiger partial charge in [0.15, 0.2) is 0 Å². The predicted octanol–water partition coefficient (Wildman–Crippen LogP) is 3.76. The summed E-state index contributed by atoms with van der Waals surface area (Å²) in [6, 6.07) is 10.3. The largest absolute Gasteiger partial charge is 0.319 e. The van der Waals surface area contributed by atoms with Crippen LogP contribution in [0.1, 0.15) is 33.0 Å². The molecule has 0 atom stereocenters. The number of carbonyl (C=O) groups excluding carboxylic acids is 1. The quantitative estimate of drug-likeness (QED) is 0.769. The van der Waals surface area contributed by atoms with E-state index in [-0.39, 0.29) is 5.91 Å². The van der Waals surface area contributed by atoms with Crippen molar-refractivity contribution < 1.29 is 4.79 Å². The maximum absolute atomic E-state index is 12.4. The summed E-state index contributed by atoms with van der Waals surface area (Å²) in [6.07, 6.45) is 0.906. The minimum absolute atomic E-state index is 0.130. The van der Waals surface area contributed by atoms with E-state index in [0.717, 1.165) is 35.7 Å². The minimum atomic E-state index is -0.130. The molecule has 0 saturated heterocycles. The molecule has 1 amide bonds. The Kier molecular flexibility index (Phi) is 4.76. The first kappa shape index (κ1) is 16.4. The number of nitrogens with one attached hydrogen (secondary N) is 1. The Morgan fingerprint density at radius 2 is 1.92 bits per heavy atom. The summed E-state index contributed by atoms with van der Waals surface area (Å²) in [7, 11) is 0. The molecule has 5 nitrogen and oxygen atoms in total. The zero-order valence-electron chi connectivity index (χ0n) is 14.0. The molecular formula is C18H20N4OS. The number of aromatic nitrogens is 3. The highest BCUT2D eigenvalue weighted by molar-refractivity contribution is 7.04. The van der Waals surface area contributed by atoms with Crippen molar-refractivity contribution in [3.8, 4) is 0 Å². The number of rotatable bonds is 5. The number of benzene rings is 1. The van der Waals surface area contributed by atoms with Gasteiger partial charge in [0.2, 0.25) is 0 Å². The lowest BCUT2D eigenvalue weighted by Gasteiger charge is -2.07. The van der Waals surface area contributed by atoms with Crippen LogP contribution in [0.3, 0.4) is 0 Å². The molecule has 0 spiro atoms. The zero-order chi connectivity index (χ0) is 17.1. The highest BCUT2D eigenvalue weighted by atomic mass is 32.1. The molecule has 3 aromatic rings. The predicted molar refractivity (Wildman–Crippen MR) is 96.7 cm³/mol. The molecule has 124 valence electrons. The Bertz CT molecular complexity index is 851. The Morgan fingerprint density at radius 3 is 2.58 bits per heavy atom. The molecule has 2 aromatic heterocycles. The SMILES string of the molecule is Cc1nscc1C(=O)Nc1c(C)nn(CCc2ccccc2)c1C. The first-order chi connectivity index (χ1) is 11.6. The van der Waals surface area contributed by atoms with Crippen LogP contribution in [0.5, 0.6) is 0 Å². The van der Waals surface area contributed by atoms with Crippen molar-refractivity contribution in [2.24, 2.45) is 0 Å². The van der Waals surface area contributed by atoms with E-state index in [1.807, 2.05) is 43.7 Å². The Hall–Kier alpha value is -2.47. The molecule has 0 aliphatic rings. The molecule has 24 heavy (non-hydrogen) atoms. The monoisotopic (exact) mass is 340 g/mol. The summed E-state index contributed by atoms with van der Waals surface area (Å²) in [6.45, 7) is 6.53. The molecule has 1 N–H and O–H groups in total. The van der Waals surface area contributed by atoms with Gasteiger partial charge in [-0.1, -0.05) is 30.3 Å². The highest BCUT2D eigenvalue weighted by Gasteiger charge is 2.17. The van der Waals surface area contributed by atoms with Crippen molar-refractivity contribution in [2.75, 3.05) is 5.32 Å². The summed E-state index contributed by atoms with van der Waals surface area (Å²) in [5, 5.41) is 9.33. The van der Waals surface area contributed by atoms with Gasteiger partial charge in [-0.15, -0.1) is 0 Å². The summed E-state index contributed by atoms with van der Waals surface area (Å²) >= 11 is 1.29. The number of aryl methyl sites for hydroxylation is 4. The molecule has 3 rings (SSSR count). The van der Waals surface area contributed by atoms with Crippen molar-refractivity contribution in [3.63, 3.8) is 0 Å². The first-order valence-corrected chi connectivity index (χ1v) is 8.70. The number of nitrogens with zero attached hydrogens (tertiary/aromatic N) is 3. The third-order valence-corrected chi connectivity index (χ3v) is 4.79. The summed E-state index contributed by atoms with van der Waals surface area (Å²) in [5.41, 5.74) is 5.24. The summed E-state index contributed by atoms with van der Waals surface area (Å²) in [4.78, 5) is 12.4. The number of hydrogen-bond donors (Lipinski definition) is 1. The van der Waals surface area contributed by atoms with E-state index in [0.29, 0.717) is 5.56 Å². The first-order valence-electron chi connectivity index (χ1n) is 7.86. The molecule has 2 heterocycles. The van der Waals surface area contributed by atoms with Gasteiger partial charge in [0.05, 0.1) is 28.3 Å². The number of anilines is 1. The minimum Gasteiger partial charge on any atom is -0.319 e. The summed E-state index contributed by atoms with van der Waals surface area (Å²) < 4.78 is 6.11. The van der Waals surface area contributed by atoms with Gasteiger partial charge in [-0.2, -0.15) is 9.47 Å². The number of amides is 1. The molecule has 0 bridgehead atoms. The fraction of sp³-hybridized carbons (Fsp3) is 0.278. The van der Waals surface area contributed by atoms with Gasteiger partial charge >= 0.3 is 0 Å². The third kappa shape index (κ3) is 3.38. The van der Waals surface area contributed by atoms with Crippen LogP contribution in [0, 0.1) is 20.8 Å². The molecule has 0 aliphatic carbocycles. The molecule has 6 heteroatoms. The second-order valence-electron chi connectivity index (χ2n) is 5.77. The van der Waals surface area contributed by atoms with E-state index in [1.54, 1.807) is 5.38 Å². The van der Waals surface area contributed by atoms with Crippen molar-refractivity contribution >= 4 is 23.1 Å². The lowest BCUT2D eigenvalue weighted by atomic mass is 10.1. The van der Waals surface area contributed by atoms with E-state index in [4.69, 9.17) is 0 Å². The lowest BCUT2D eigenvalue weighted by Crippen LogP contribution is -2.14. The van der Waals surface area contributed by atoms with Gasteiger partial charge in [-0.05, 0) is 44.3 Å². The Labute approximate surface area is 145 Å². The van der Waals surface area contributed by atoms with Crippen LogP contribution in [0.2, 0.25) is 0 Å². The molecule has 0 unspecified atom stereocenters. The van der Waals surface area contributed by atoms with E-state index in [9.17, 15) is 4.79 Å². The van der Waals surface area contributed by atoms with Crippen LogP contribution >= 0.6 is 11.5 Å². The fourth-order valence-electron chi connectivity index (χ4n) is 2.67. The standard InChI is InChI=1S/C18H20N4OS/c1-12-16(11-24-21-12)18(23)19-17-13(2)20-22(14(17)3)10-9-15-7-5-4-6-8-15/h4-8,11H,9-10H2,1-3H3,(H,19,23). The topological polar surface area (TPSA) is 59.8 Å². The van der Waals surface area contributed by atoms with Crippen molar-refractivity contribution in [2.45, 2.75) is 33.7 Å².